The van der Waals surface area contributed by atoms with Crippen molar-refractivity contribution in [3.63, 3.8) is 0 Å². The first-order valence-corrected chi connectivity index (χ1v) is 14.2. The van der Waals surface area contributed by atoms with Gasteiger partial charge in [0.15, 0.2) is 0 Å². The predicted molar refractivity (Wildman–Crippen MR) is 168 cm³/mol. The highest BCUT2D eigenvalue weighted by molar-refractivity contribution is 6.54. The Morgan fingerprint density at radius 3 is 2.02 bits per heavy atom. The van der Waals surface area contributed by atoms with Crippen LogP contribution in [0.5, 0.6) is 0 Å². The Balaban J connectivity index is 1.33. The van der Waals surface area contributed by atoms with E-state index >= 15 is 0 Å². The maximum absolute atomic E-state index is 13.5. The lowest BCUT2D eigenvalue weighted by molar-refractivity contribution is -0.131. The first kappa shape index (κ1) is 25.7. The molecule has 0 aromatic heterocycles. The summed E-state index contributed by atoms with van der Waals surface area (Å²) in [5, 5.41) is 4.56. The van der Waals surface area contributed by atoms with E-state index in [0.29, 0.717) is 16.7 Å². The number of hydrogen-bond donors (Lipinski definition) is 0. The highest BCUT2D eigenvalue weighted by atomic mass is 35.5. The lowest BCUT2D eigenvalue weighted by Gasteiger charge is -2.23. The molecule has 2 aliphatic heterocycles. The van der Waals surface area contributed by atoms with E-state index in [2.05, 4.69) is 64.1 Å². The van der Waals surface area contributed by atoms with Crippen LogP contribution in [0.15, 0.2) is 112 Å². The summed E-state index contributed by atoms with van der Waals surface area (Å²) in [5.41, 5.74) is 6.07. The Morgan fingerprint density at radius 2 is 1.34 bits per heavy atom. The molecular formula is C36H29ClN2O2. The molecule has 0 saturated heterocycles. The summed E-state index contributed by atoms with van der Waals surface area (Å²) >= 11 is 6.93. The van der Waals surface area contributed by atoms with Crippen LogP contribution in [0.25, 0.3) is 21.5 Å². The van der Waals surface area contributed by atoms with Crippen molar-refractivity contribution in [3.8, 4) is 0 Å². The van der Waals surface area contributed by atoms with E-state index in [4.69, 9.17) is 16.8 Å². The minimum Gasteiger partial charge on any atom is -0.285 e. The number of aliphatic imine (C=N–C) groups is 1. The molecular weight excluding hydrogens is 528 g/mol. The minimum absolute atomic E-state index is 0.381. The third kappa shape index (κ3) is 3.50. The van der Waals surface area contributed by atoms with Gasteiger partial charge in [-0.15, -0.1) is 0 Å². The molecule has 2 heterocycles. The molecule has 41 heavy (non-hydrogen) atoms. The largest absolute Gasteiger partial charge is 0.285 e. The van der Waals surface area contributed by atoms with Gasteiger partial charge in [0.2, 0.25) is 11.6 Å². The predicted octanol–water partition coefficient (Wildman–Crippen LogP) is 8.59. The second-order valence-electron chi connectivity index (χ2n) is 12.2. The van der Waals surface area contributed by atoms with Crippen molar-refractivity contribution < 1.29 is 9.59 Å². The van der Waals surface area contributed by atoms with Crippen LogP contribution in [0.2, 0.25) is 0 Å². The molecule has 3 aliphatic rings. The van der Waals surface area contributed by atoms with Gasteiger partial charge in [-0.3, -0.25) is 19.0 Å². The number of Topliss-reactive ketones (excluding diaryl/α,β-unsaturated/α-hetero) is 2. The Hall–Kier alpha value is -4.28. The van der Waals surface area contributed by atoms with E-state index in [1.165, 1.54) is 0 Å². The molecule has 4 aromatic carbocycles. The summed E-state index contributed by atoms with van der Waals surface area (Å²) in [6, 6.07) is 24.7. The van der Waals surface area contributed by atoms with Crippen LogP contribution in [0.1, 0.15) is 45.7 Å². The molecule has 4 nitrogen and oxygen atoms in total. The second-order valence-corrected chi connectivity index (χ2v) is 12.5. The van der Waals surface area contributed by atoms with Crippen molar-refractivity contribution in [2.24, 2.45) is 4.99 Å². The fraction of sp³-hybridized carbons (Fsp3) is 0.194. The molecule has 0 N–H and O–H groups in total. The van der Waals surface area contributed by atoms with Gasteiger partial charge in [-0.2, -0.15) is 0 Å². The molecule has 202 valence electrons. The third-order valence-corrected chi connectivity index (χ3v) is 9.44. The number of nitrogens with zero attached hydrogens (tertiary/aromatic N) is 2. The van der Waals surface area contributed by atoms with Crippen molar-refractivity contribution in [2.45, 2.75) is 45.4 Å². The first-order valence-electron chi connectivity index (χ1n) is 13.9. The SMILES string of the molecule is CC1=C(/C=C2\N(Cl)c3ccc4ccccc4c3C2(C)C)C(=O)C(=O)/C1=C\C1=Nc2ccc3ccccc3c2C1(C)C. The Kier molecular flexibility index (Phi) is 5.39. The van der Waals surface area contributed by atoms with E-state index in [1.54, 1.807) is 4.42 Å². The van der Waals surface area contributed by atoms with Gasteiger partial charge >= 0.3 is 0 Å². The lowest BCUT2D eigenvalue weighted by Crippen LogP contribution is -2.25. The van der Waals surface area contributed by atoms with Crippen molar-refractivity contribution in [2.75, 3.05) is 4.42 Å². The van der Waals surface area contributed by atoms with Crippen molar-refractivity contribution >= 4 is 62.0 Å². The van der Waals surface area contributed by atoms with Crippen molar-refractivity contribution in [1.82, 2.24) is 0 Å². The molecule has 0 unspecified atom stereocenters. The van der Waals surface area contributed by atoms with E-state index in [-0.39, 0.29) is 0 Å². The number of allylic oxidation sites excluding steroid dienone is 6. The molecule has 5 heteroatoms. The Morgan fingerprint density at radius 1 is 0.732 bits per heavy atom. The van der Waals surface area contributed by atoms with Crippen LogP contribution < -0.4 is 4.42 Å². The van der Waals surface area contributed by atoms with Crippen LogP contribution in [0.3, 0.4) is 0 Å². The van der Waals surface area contributed by atoms with Crippen LogP contribution in [-0.4, -0.2) is 17.3 Å². The molecule has 4 aromatic rings. The van der Waals surface area contributed by atoms with Gasteiger partial charge in [-0.25, -0.2) is 0 Å². The Labute approximate surface area is 244 Å². The highest BCUT2D eigenvalue weighted by Crippen LogP contribution is 2.52. The molecule has 0 bridgehead atoms. The maximum atomic E-state index is 13.5. The van der Waals surface area contributed by atoms with Gasteiger partial charge in [0.05, 0.1) is 17.1 Å². The van der Waals surface area contributed by atoms with Gasteiger partial charge < -0.3 is 0 Å². The lowest BCUT2D eigenvalue weighted by atomic mass is 9.78. The van der Waals surface area contributed by atoms with Crippen LogP contribution in [0, 0.1) is 0 Å². The topological polar surface area (TPSA) is 49.7 Å². The van der Waals surface area contributed by atoms with Gasteiger partial charge in [0.25, 0.3) is 0 Å². The molecule has 0 atom stereocenters. The van der Waals surface area contributed by atoms with E-state index < -0.39 is 22.4 Å². The van der Waals surface area contributed by atoms with E-state index in [1.807, 2.05) is 55.5 Å². The summed E-state index contributed by atoms with van der Waals surface area (Å²) in [6.45, 7) is 10.3. The second kappa shape index (κ2) is 8.61. The standard InChI is InChI=1S/C36H29ClN2O2/c1-20-25(18-29-35(2,3)31-23-12-8-6-10-21(23)14-16-27(31)38-29)33(40)34(41)26(20)19-30-36(4,5)32-24-13-9-7-11-22(24)15-17-28(32)39(30)37/h6-19H,1-5H3/b25-18-,30-19-. The number of ketones is 2. The highest BCUT2D eigenvalue weighted by Gasteiger charge is 2.44. The summed E-state index contributed by atoms with van der Waals surface area (Å²) in [4.78, 5) is 31.8. The zero-order chi connectivity index (χ0) is 28.8. The monoisotopic (exact) mass is 556 g/mol. The Bertz CT molecular complexity index is 2000. The van der Waals surface area contributed by atoms with E-state index in [0.717, 1.165) is 55.5 Å². The number of rotatable bonds is 2. The number of fused-ring (bicyclic) bond motifs is 6. The molecule has 1 aliphatic carbocycles. The fourth-order valence-corrected chi connectivity index (χ4v) is 7.19. The average Bonchev–Trinajstić information content (AvgIpc) is 3.42. The number of carbonyl (C=O) groups is 2. The molecule has 0 spiro atoms. The minimum atomic E-state index is -0.512. The average molecular weight is 557 g/mol. The number of benzene rings is 4. The van der Waals surface area contributed by atoms with E-state index in [9.17, 15) is 9.59 Å². The molecule has 7 rings (SSSR count). The molecule has 0 fully saturated rings. The van der Waals surface area contributed by atoms with Gasteiger partial charge in [-0.05, 0) is 69.5 Å². The zero-order valence-corrected chi connectivity index (χ0v) is 24.4. The van der Waals surface area contributed by atoms with Gasteiger partial charge in [0, 0.05) is 39.4 Å². The van der Waals surface area contributed by atoms with Crippen LogP contribution in [-0.2, 0) is 20.4 Å². The summed E-state index contributed by atoms with van der Waals surface area (Å²) in [5.74, 6) is -1.02. The maximum Gasteiger partial charge on any atom is 0.233 e. The third-order valence-electron chi connectivity index (χ3n) is 9.07. The van der Waals surface area contributed by atoms with Gasteiger partial charge in [0.1, 0.15) is 0 Å². The number of halogens is 1. The zero-order valence-electron chi connectivity index (χ0n) is 23.7. The fourth-order valence-electron chi connectivity index (χ4n) is 6.79. The molecule has 0 radical (unpaired) electrons. The van der Waals surface area contributed by atoms with Crippen molar-refractivity contribution in [1.29, 1.82) is 0 Å². The molecule has 0 amide bonds. The van der Waals surface area contributed by atoms with Crippen LogP contribution in [0.4, 0.5) is 11.4 Å². The number of carbonyl (C=O) groups excluding carboxylic acids is 2. The first-order chi connectivity index (χ1) is 19.5. The normalized spacial score (nSPS) is 21.0. The number of anilines is 1. The summed E-state index contributed by atoms with van der Waals surface area (Å²) < 4.78 is 1.63. The van der Waals surface area contributed by atoms with Crippen molar-refractivity contribution in [3.05, 3.63) is 118 Å². The van der Waals surface area contributed by atoms with Gasteiger partial charge in [-0.1, -0.05) is 88.4 Å². The van der Waals surface area contributed by atoms with Crippen LogP contribution >= 0.6 is 11.8 Å². The molecule has 0 saturated carbocycles. The number of hydrogen-bond acceptors (Lipinski definition) is 4. The smallest absolute Gasteiger partial charge is 0.233 e. The summed E-state index contributed by atoms with van der Waals surface area (Å²) in [7, 11) is 0. The summed E-state index contributed by atoms with van der Waals surface area (Å²) in [6.07, 6.45) is 3.62. The quantitative estimate of drug-likeness (QED) is 0.141.